The molecule has 3 unspecified atom stereocenters. The molecule has 0 spiro atoms. The molecule has 1 aliphatic heterocycles. The van der Waals surface area contributed by atoms with E-state index in [0.717, 1.165) is 25.8 Å². The van der Waals surface area contributed by atoms with Crippen molar-refractivity contribution >= 4 is 0 Å². The minimum Gasteiger partial charge on any atom is -0.379 e. The molecule has 1 N–H and O–H groups in total. The maximum absolute atomic E-state index is 5.57. The van der Waals surface area contributed by atoms with E-state index >= 15 is 0 Å². The fourth-order valence-corrected chi connectivity index (χ4v) is 3.43. The summed E-state index contributed by atoms with van der Waals surface area (Å²) in [6, 6.07) is 1.99. The molecule has 0 bridgehead atoms. The standard InChI is InChI=1S/C14H28N2O/c1-12-11-17-10-9-16(12)14-8-6-4-3-5-7-13(14)15-2/h12-15H,3-11H2,1-2H3. The van der Waals surface area contributed by atoms with Gasteiger partial charge in [-0.2, -0.15) is 0 Å². The van der Waals surface area contributed by atoms with Gasteiger partial charge < -0.3 is 10.1 Å². The van der Waals surface area contributed by atoms with Crippen molar-refractivity contribution in [2.24, 2.45) is 0 Å². The molecule has 17 heavy (non-hydrogen) atoms. The van der Waals surface area contributed by atoms with E-state index in [0.29, 0.717) is 12.1 Å². The molecule has 1 heterocycles. The molecule has 2 fully saturated rings. The van der Waals surface area contributed by atoms with Crippen molar-refractivity contribution in [3.05, 3.63) is 0 Å². The van der Waals surface area contributed by atoms with E-state index in [1.54, 1.807) is 0 Å². The molecule has 2 rings (SSSR count). The Balaban J connectivity index is 2.01. The third kappa shape index (κ3) is 3.43. The van der Waals surface area contributed by atoms with Crippen LogP contribution < -0.4 is 5.32 Å². The second kappa shape index (κ2) is 6.72. The van der Waals surface area contributed by atoms with E-state index in [2.05, 4.69) is 24.2 Å². The highest BCUT2D eigenvalue weighted by Gasteiger charge is 2.31. The van der Waals surface area contributed by atoms with E-state index in [1.807, 2.05) is 0 Å². The minimum atomic E-state index is 0.587. The van der Waals surface area contributed by atoms with Crippen LogP contribution in [-0.4, -0.2) is 49.8 Å². The van der Waals surface area contributed by atoms with Gasteiger partial charge in [0.25, 0.3) is 0 Å². The fraction of sp³-hybridized carbons (Fsp3) is 1.00. The summed E-state index contributed by atoms with van der Waals surface area (Å²) >= 11 is 0. The van der Waals surface area contributed by atoms with Crippen molar-refractivity contribution in [3.8, 4) is 0 Å². The van der Waals surface area contributed by atoms with E-state index in [4.69, 9.17) is 4.74 Å². The van der Waals surface area contributed by atoms with Crippen LogP contribution in [0.15, 0.2) is 0 Å². The SMILES string of the molecule is CNC1CCCCCCC1N1CCOCC1C. The molecule has 1 aliphatic carbocycles. The first kappa shape index (κ1) is 13.3. The lowest BCUT2D eigenvalue weighted by molar-refractivity contribution is -0.0333. The van der Waals surface area contributed by atoms with Gasteiger partial charge in [0.15, 0.2) is 0 Å². The molecule has 0 radical (unpaired) electrons. The van der Waals surface area contributed by atoms with Crippen LogP contribution in [0.2, 0.25) is 0 Å². The second-order valence-corrected chi connectivity index (χ2v) is 5.62. The largest absolute Gasteiger partial charge is 0.379 e. The Morgan fingerprint density at radius 1 is 1.12 bits per heavy atom. The third-order valence-corrected chi connectivity index (χ3v) is 4.45. The smallest absolute Gasteiger partial charge is 0.0619 e. The van der Waals surface area contributed by atoms with Gasteiger partial charge >= 0.3 is 0 Å². The number of hydrogen-bond acceptors (Lipinski definition) is 3. The van der Waals surface area contributed by atoms with Gasteiger partial charge in [0.1, 0.15) is 0 Å². The maximum Gasteiger partial charge on any atom is 0.0619 e. The van der Waals surface area contributed by atoms with Crippen molar-refractivity contribution in [3.63, 3.8) is 0 Å². The molecular weight excluding hydrogens is 212 g/mol. The normalized spacial score (nSPS) is 37.4. The first-order valence-corrected chi connectivity index (χ1v) is 7.33. The topological polar surface area (TPSA) is 24.5 Å². The molecule has 3 heteroatoms. The number of rotatable bonds is 2. The Kier molecular flexibility index (Phi) is 5.26. The first-order valence-electron chi connectivity index (χ1n) is 7.33. The summed E-state index contributed by atoms with van der Waals surface area (Å²) < 4.78 is 5.57. The zero-order chi connectivity index (χ0) is 12.1. The summed E-state index contributed by atoms with van der Waals surface area (Å²) in [4.78, 5) is 2.69. The Labute approximate surface area is 106 Å². The van der Waals surface area contributed by atoms with Gasteiger partial charge in [-0.3, -0.25) is 4.90 Å². The molecule has 100 valence electrons. The van der Waals surface area contributed by atoms with Gasteiger partial charge in [0, 0.05) is 24.7 Å². The fourth-order valence-electron chi connectivity index (χ4n) is 3.43. The molecular formula is C14H28N2O. The Hall–Kier alpha value is -0.120. The minimum absolute atomic E-state index is 0.587. The average molecular weight is 240 g/mol. The highest BCUT2D eigenvalue weighted by atomic mass is 16.5. The van der Waals surface area contributed by atoms with Crippen LogP contribution in [0.25, 0.3) is 0 Å². The number of hydrogen-bond donors (Lipinski definition) is 1. The van der Waals surface area contributed by atoms with Crippen molar-refractivity contribution < 1.29 is 4.74 Å². The predicted octanol–water partition coefficient (Wildman–Crippen LogP) is 2.02. The van der Waals surface area contributed by atoms with Gasteiger partial charge in [0.05, 0.1) is 13.2 Å². The van der Waals surface area contributed by atoms with E-state index in [-0.39, 0.29) is 0 Å². The van der Waals surface area contributed by atoms with Gasteiger partial charge in [-0.25, -0.2) is 0 Å². The Morgan fingerprint density at radius 2 is 1.88 bits per heavy atom. The van der Waals surface area contributed by atoms with Crippen molar-refractivity contribution in [1.29, 1.82) is 0 Å². The van der Waals surface area contributed by atoms with Crippen molar-refractivity contribution in [2.45, 2.75) is 63.6 Å². The summed E-state index contributed by atoms with van der Waals surface area (Å²) in [5.74, 6) is 0. The summed E-state index contributed by atoms with van der Waals surface area (Å²) in [6.07, 6.45) is 8.32. The van der Waals surface area contributed by atoms with Gasteiger partial charge in [-0.1, -0.05) is 25.7 Å². The molecule has 0 aromatic heterocycles. The zero-order valence-corrected chi connectivity index (χ0v) is 11.5. The molecule has 1 saturated heterocycles. The highest BCUT2D eigenvalue weighted by molar-refractivity contribution is 4.88. The molecule has 2 aliphatic rings. The third-order valence-electron chi connectivity index (χ3n) is 4.45. The monoisotopic (exact) mass is 240 g/mol. The van der Waals surface area contributed by atoms with Crippen LogP contribution in [0.1, 0.15) is 45.4 Å². The van der Waals surface area contributed by atoms with E-state index < -0.39 is 0 Å². The second-order valence-electron chi connectivity index (χ2n) is 5.62. The number of morpholine rings is 1. The quantitative estimate of drug-likeness (QED) is 0.799. The van der Waals surface area contributed by atoms with Crippen LogP contribution >= 0.6 is 0 Å². The molecule has 3 atom stereocenters. The van der Waals surface area contributed by atoms with Crippen molar-refractivity contribution in [1.82, 2.24) is 10.2 Å². The van der Waals surface area contributed by atoms with Gasteiger partial charge in [-0.05, 0) is 26.8 Å². The van der Waals surface area contributed by atoms with Gasteiger partial charge in [0.2, 0.25) is 0 Å². The number of likely N-dealkylation sites (N-methyl/N-ethyl adjacent to an activating group) is 1. The lowest BCUT2D eigenvalue weighted by atomic mass is 9.90. The van der Waals surface area contributed by atoms with Crippen LogP contribution in [0, 0.1) is 0 Å². The van der Waals surface area contributed by atoms with Gasteiger partial charge in [-0.15, -0.1) is 0 Å². The van der Waals surface area contributed by atoms with Crippen LogP contribution in [0.3, 0.4) is 0 Å². The summed E-state index contributed by atoms with van der Waals surface area (Å²) in [5, 5.41) is 3.56. The first-order chi connectivity index (χ1) is 8.33. The number of nitrogens with zero attached hydrogens (tertiary/aromatic N) is 1. The Bertz CT molecular complexity index is 222. The van der Waals surface area contributed by atoms with E-state index in [1.165, 1.54) is 38.5 Å². The molecule has 0 aromatic rings. The number of nitrogens with one attached hydrogen (secondary N) is 1. The predicted molar refractivity (Wildman–Crippen MR) is 71.3 cm³/mol. The lowest BCUT2D eigenvalue weighted by Crippen LogP contribution is -2.56. The van der Waals surface area contributed by atoms with Crippen LogP contribution in [-0.2, 0) is 4.74 Å². The molecule has 0 amide bonds. The summed E-state index contributed by atoms with van der Waals surface area (Å²) in [6.45, 7) is 5.25. The Morgan fingerprint density at radius 3 is 2.59 bits per heavy atom. The van der Waals surface area contributed by atoms with Crippen LogP contribution in [0.4, 0.5) is 0 Å². The highest BCUT2D eigenvalue weighted by Crippen LogP contribution is 2.24. The lowest BCUT2D eigenvalue weighted by Gasteiger charge is -2.43. The zero-order valence-electron chi connectivity index (χ0n) is 11.5. The number of ether oxygens (including phenoxy) is 1. The molecule has 3 nitrogen and oxygen atoms in total. The summed E-state index contributed by atoms with van der Waals surface area (Å²) in [5.41, 5.74) is 0. The molecule has 0 aromatic carbocycles. The molecule has 1 saturated carbocycles. The van der Waals surface area contributed by atoms with E-state index in [9.17, 15) is 0 Å². The van der Waals surface area contributed by atoms with Crippen molar-refractivity contribution in [2.75, 3.05) is 26.8 Å². The van der Waals surface area contributed by atoms with Crippen LogP contribution in [0.5, 0.6) is 0 Å². The summed E-state index contributed by atoms with van der Waals surface area (Å²) in [7, 11) is 2.13. The maximum atomic E-state index is 5.57. The average Bonchev–Trinajstić information content (AvgIpc) is 2.31.